The number of pyridine rings is 1. The van der Waals surface area contributed by atoms with Crippen LogP contribution in [0.1, 0.15) is 65.9 Å². The quantitative estimate of drug-likeness (QED) is 0.336. The molecule has 6 rings (SSSR count). The summed E-state index contributed by atoms with van der Waals surface area (Å²) in [7, 11) is 0. The molecule has 2 aromatic carbocycles. The monoisotopic (exact) mass is 536 g/mol. The van der Waals surface area contributed by atoms with Crippen LogP contribution in [0.25, 0.3) is 10.9 Å². The fraction of sp³-hybridized carbons (Fsp3) is 0.323. The van der Waals surface area contributed by atoms with Gasteiger partial charge in [-0.15, -0.1) is 0 Å². The highest BCUT2D eigenvalue weighted by Gasteiger charge is 2.39. The maximum absolute atomic E-state index is 14.4. The fourth-order valence-electron chi connectivity index (χ4n) is 5.79. The zero-order valence-electron chi connectivity index (χ0n) is 21.9. The lowest BCUT2D eigenvalue weighted by molar-refractivity contribution is -0.122. The van der Waals surface area contributed by atoms with Crippen molar-refractivity contribution in [2.75, 3.05) is 5.32 Å². The third-order valence-electron chi connectivity index (χ3n) is 8.04. The van der Waals surface area contributed by atoms with Crippen molar-refractivity contribution in [1.82, 2.24) is 20.1 Å². The molecule has 0 bridgehead atoms. The number of amides is 2. The van der Waals surface area contributed by atoms with E-state index in [9.17, 15) is 19.2 Å². The molecule has 8 nitrogen and oxygen atoms in total. The van der Waals surface area contributed by atoms with Crippen LogP contribution in [0.2, 0.25) is 0 Å². The second-order valence-corrected chi connectivity index (χ2v) is 10.8. The molecule has 4 aromatic rings. The highest BCUT2D eigenvalue weighted by atomic mass is 19.1. The van der Waals surface area contributed by atoms with Crippen molar-refractivity contribution < 1.29 is 14.0 Å². The van der Waals surface area contributed by atoms with Gasteiger partial charge in [0.2, 0.25) is 5.91 Å². The Bertz CT molecular complexity index is 1610. The summed E-state index contributed by atoms with van der Waals surface area (Å²) in [4.78, 5) is 30.2. The molecule has 9 heteroatoms. The number of benzene rings is 2. The highest BCUT2D eigenvalue weighted by molar-refractivity contribution is 6.07. The third kappa shape index (κ3) is 5.17. The van der Waals surface area contributed by atoms with Crippen molar-refractivity contribution in [1.29, 1.82) is 5.26 Å². The van der Waals surface area contributed by atoms with Gasteiger partial charge in [-0.2, -0.15) is 10.4 Å². The number of anilines is 1. The van der Waals surface area contributed by atoms with Crippen LogP contribution in [0.4, 0.5) is 10.1 Å². The van der Waals surface area contributed by atoms with E-state index in [-0.39, 0.29) is 30.3 Å². The average Bonchev–Trinajstić information content (AvgIpc) is 3.68. The molecule has 0 radical (unpaired) electrons. The smallest absolute Gasteiger partial charge is 0.257 e. The van der Waals surface area contributed by atoms with Crippen LogP contribution < -0.4 is 10.6 Å². The first kappa shape index (κ1) is 25.7. The Morgan fingerprint density at radius 3 is 2.58 bits per heavy atom. The first-order valence-electron chi connectivity index (χ1n) is 13.6. The van der Waals surface area contributed by atoms with Crippen molar-refractivity contribution in [3.05, 3.63) is 89.6 Å². The average molecular weight is 537 g/mol. The van der Waals surface area contributed by atoms with Crippen molar-refractivity contribution >= 4 is 28.4 Å². The van der Waals surface area contributed by atoms with Gasteiger partial charge < -0.3 is 10.6 Å². The van der Waals surface area contributed by atoms with Crippen molar-refractivity contribution in [3.63, 3.8) is 0 Å². The number of nitriles is 1. The summed E-state index contributed by atoms with van der Waals surface area (Å²) in [5.74, 6) is -0.944. The van der Waals surface area contributed by atoms with E-state index < -0.39 is 11.2 Å². The molecule has 2 aliphatic carbocycles. The van der Waals surface area contributed by atoms with Gasteiger partial charge in [0.25, 0.3) is 5.91 Å². The van der Waals surface area contributed by atoms with Crippen LogP contribution in [0, 0.1) is 17.1 Å². The molecular formula is C31H29FN6O2. The second kappa shape index (κ2) is 10.5. The van der Waals surface area contributed by atoms with Gasteiger partial charge in [0.1, 0.15) is 12.4 Å². The van der Waals surface area contributed by atoms with E-state index in [1.807, 2.05) is 30.3 Å². The Labute approximate surface area is 231 Å². The van der Waals surface area contributed by atoms with Crippen LogP contribution >= 0.6 is 0 Å². The first-order valence-corrected chi connectivity index (χ1v) is 13.6. The molecule has 2 saturated carbocycles. The molecule has 2 fully saturated rings. The predicted molar refractivity (Wildman–Crippen MR) is 148 cm³/mol. The predicted octanol–water partition coefficient (Wildman–Crippen LogP) is 5.22. The van der Waals surface area contributed by atoms with Crippen LogP contribution in [0.15, 0.2) is 67.1 Å². The minimum Gasteiger partial charge on any atom is -0.352 e. The fourth-order valence-corrected chi connectivity index (χ4v) is 5.79. The Kier molecular flexibility index (Phi) is 6.76. The van der Waals surface area contributed by atoms with Gasteiger partial charge in [0, 0.05) is 23.8 Å². The number of nitrogens with one attached hydrogen (secondary N) is 2. The minimum atomic E-state index is -0.589. The molecular weight excluding hydrogens is 507 g/mol. The normalized spacial score (nSPS) is 20.6. The lowest BCUT2D eigenvalue weighted by Gasteiger charge is -2.36. The van der Waals surface area contributed by atoms with Gasteiger partial charge in [-0.3, -0.25) is 19.3 Å². The highest BCUT2D eigenvalue weighted by Crippen LogP contribution is 2.46. The Hall–Kier alpha value is -4.58. The number of aromatic nitrogens is 3. The van der Waals surface area contributed by atoms with E-state index in [1.165, 1.54) is 23.0 Å². The molecule has 2 aromatic heterocycles. The van der Waals surface area contributed by atoms with E-state index in [1.54, 1.807) is 18.5 Å². The minimum absolute atomic E-state index is 0.0490. The molecule has 2 heterocycles. The van der Waals surface area contributed by atoms with E-state index in [4.69, 9.17) is 0 Å². The topological polar surface area (TPSA) is 113 Å². The Morgan fingerprint density at radius 1 is 1.07 bits per heavy atom. The molecule has 0 saturated heterocycles. The van der Waals surface area contributed by atoms with Crippen molar-refractivity contribution in [2.24, 2.45) is 0 Å². The molecule has 40 heavy (non-hydrogen) atoms. The summed E-state index contributed by atoms with van der Waals surface area (Å²) < 4.78 is 15.9. The maximum atomic E-state index is 14.4. The van der Waals surface area contributed by atoms with E-state index in [2.05, 4.69) is 26.8 Å². The van der Waals surface area contributed by atoms with E-state index in [0.717, 1.165) is 24.0 Å². The van der Waals surface area contributed by atoms with Crippen molar-refractivity contribution in [2.45, 2.75) is 62.4 Å². The van der Waals surface area contributed by atoms with Crippen LogP contribution in [0.3, 0.4) is 0 Å². The second-order valence-electron chi connectivity index (χ2n) is 10.8. The molecule has 2 N–H and O–H groups in total. The van der Waals surface area contributed by atoms with Crippen LogP contribution in [0.5, 0.6) is 0 Å². The number of fused-ring (bicyclic) bond motifs is 1. The zero-order valence-corrected chi connectivity index (χ0v) is 21.9. The maximum Gasteiger partial charge on any atom is 0.257 e. The number of halogens is 1. The summed E-state index contributed by atoms with van der Waals surface area (Å²) in [5.41, 5.74) is 2.59. The zero-order chi connectivity index (χ0) is 27.7. The van der Waals surface area contributed by atoms with E-state index in [0.29, 0.717) is 47.8 Å². The standard InChI is InChI=1S/C31H29FN6O2/c32-22-6-9-27-25(14-22)29(20-10-12-31(19-33,13-11-20)21-4-2-1-3-5-21)26(16-34-27)30(40)37-24-15-35-38(17-24)18-28(39)36-23-7-8-23/h1-6,9,14-17,20,23H,7-8,10-13,18H2,(H,36,39)(H,37,40). The summed E-state index contributed by atoms with van der Waals surface area (Å²) >= 11 is 0. The number of carbonyl (C=O) groups excluding carboxylic acids is 2. The summed E-state index contributed by atoms with van der Waals surface area (Å²) in [6.45, 7) is 0.0680. The lowest BCUT2D eigenvalue weighted by Crippen LogP contribution is -2.30. The van der Waals surface area contributed by atoms with Gasteiger partial charge >= 0.3 is 0 Å². The number of hydrogen-bond acceptors (Lipinski definition) is 5. The molecule has 202 valence electrons. The van der Waals surface area contributed by atoms with Gasteiger partial charge in [0.15, 0.2) is 0 Å². The SMILES string of the molecule is N#CC1(c2ccccc2)CCC(c2c(C(=O)Nc3cnn(CC(=O)NC4CC4)c3)cnc3ccc(F)cc23)CC1. The van der Waals surface area contributed by atoms with Crippen molar-refractivity contribution in [3.8, 4) is 6.07 Å². The number of carbonyl (C=O) groups is 2. The van der Waals surface area contributed by atoms with E-state index >= 15 is 0 Å². The third-order valence-corrected chi connectivity index (χ3v) is 8.04. The molecule has 2 amide bonds. The summed E-state index contributed by atoms with van der Waals surface area (Å²) in [6.07, 6.45) is 9.27. The Morgan fingerprint density at radius 2 is 1.85 bits per heavy atom. The van der Waals surface area contributed by atoms with Crippen LogP contribution in [-0.2, 0) is 16.8 Å². The van der Waals surface area contributed by atoms with Crippen LogP contribution in [-0.4, -0.2) is 32.6 Å². The summed E-state index contributed by atoms with van der Waals surface area (Å²) in [6, 6.07) is 17.1. The summed E-state index contributed by atoms with van der Waals surface area (Å²) in [5, 5.41) is 20.8. The number of nitrogens with zero attached hydrogens (tertiary/aromatic N) is 4. The number of rotatable bonds is 7. The largest absolute Gasteiger partial charge is 0.352 e. The molecule has 0 atom stereocenters. The van der Waals surface area contributed by atoms with Gasteiger partial charge in [-0.05, 0) is 73.8 Å². The van der Waals surface area contributed by atoms with Gasteiger partial charge in [0.05, 0.1) is 34.4 Å². The number of hydrogen-bond donors (Lipinski definition) is 2. The Balaban J connectivity index is 1.27. The molecule has 0 unspecified atom stereocenters. The molecule has 0 aliphatic heterocycles. The van der Waals surface area contributed by atoms with Gasteiger partial charge in [-0.1, -0.05) is 30.3 Å². The molecule has 2 aliphatic rings. The first-order chi connectivity index (χ1) is 19.4. The lowest BCUT2D eigenvalue weighted by atomic mass is 9.66. The van der Waals surface area contributed by atoms with Gasteiger partial charge in [-0.25, -0.2) is 4.39 Å². The molecule has 0 spiro atoms.